The molecular formula is C17H24N6O4. The Morgan fingerprint density at radius 1 is 1.00 bits per heavy atom. The molecule has 1 aromatic rings. The minimum atomic E-state index is -0.344. The standard InChI is InChI=1S/C17H24N6O4/c1-2-27-17(26)23-9-7-22(8-10-23)16(25)14-11-19-15(12-18-14)21-5-3-20(13-24)4-6-21/h11-13H,2-10H2,1H3. The molecule has 10 heteroatoms. The minimum Gasteiger partial charge on any atom is -0.450 e. The predicted molar refractivity (Wildman–Crippen MR) is 96.4 cm³/mol. The monoisotopic (exact) mass is 376 g/mol. The Labute approximate surface area is 157 Å². The van der Waals surface area contributed by atoms with Crippen LogP contribution in [0.2, 0.25) is 0 Å². The summed E-state index contributed by atoms with van der Waals surface area (Å²) in [6, 6.07) is 0. The van der Waals surface area contributed by atoms with Crippen LogP contribution < -0.4 is 4.90 Å². The van der Waals surface area contributed by atoms with Crippen molar-refractivity contribution in [3.63, 3.8) is 0 Å². The van der Waals surface area contributed by atoms with Crippen LogP contribution >= 0.6 is 0 Å². The van der Waals surface area contributed by atoms with Gasteiger partial charge in [-0.15, -0.1) is 0 Å². The summed E-state index contributed by atoms with van der Waals surface area (Å²) in [6.45, 7) is 6.55. The van der Waals surface area contributed by atoms with E-state index in [1.54, 1.807) is 27.8 Å². The van der Waals surface area contributed by atoms with Crippen molar-refractivity contribution < 1.29 is 19.1 Å². The molecule has 3 rings (SSSR count). The molecule has 2 fully saturated rings. The summed E-state index contributed by atoms with van der Waals surface area (Å²) < 4.78 is 4.98. The average Bonchev–Trinajstić information content (AvgIpc) is 2.74. The van der Waals surface area contributed by atoms with Crippen LogP contribution in [0.15, 0.2) is 12.4 Å². The zero-order valence-electron chi connectivity index (χ0n) is 15.4. The summed E-state index contributed by atoms with van der Waals surface area (Å²) in [4.78, 5) is 50.8. The number of ether oxygens (including phenoxy) is 1. The van der Waals surface area contributed by atoms with E-state index >= 15 is 0 Å². The van der Waals surface area contributed by atoms with E-state index in [0.717, 1.165) is 6.41 Å². The Balaban J connectivity index is 1.54. The molecule has 0 spiro atoms. The van der Waals surface area contributed by atoms with Gasteiger partial charge in [0.25, 0.3) is 5.91 Å². The van der Waals surface area contributed by atoms with Gasteiger partial charge >= 0.3 is 6.09 Å². The second-order valence-electron chi connectivity index (χ2n) is 6.37. The molecule has 0 aromatic carbocycles. The number of rotatable bonds is 4. The summed E-state index contributed by atoms with van der Waals surface area (Å²) in [5, 5.41) is 0. The predicted octanol–water partition coefficient (Wildman–Crippen LogP) is -0.331. The van der Waals surface area contributed by atoms with E-state index in [-0.39, 0.29) is 17.7 Å². The second kappa shape index (κ2) is 8.65. The Morgan fingerprint density at radius 3 is 2.22 bits per heavy atom. The summed E-state index contributed by atoms with van der Waals surface area (Å²) >= 11 is 0. The molecular weight excluding hydrogens is 352 g/mol. The van der Waals surface area contributed by atoms with Crippen LogP contribution in [0.5, 0.6) is 0 Å². The smallest absolute Gasteiger partial charge is 0.409 e. The molecule has 0 saturated carbocycles. The summed E-state index contributed by atoms with van der Waals surface area (Å²) in [7, 11) is 0. The van der Waals surface area contributed by atoms with E-state index in [9.17, 15) is 14.4 Å². The van der Waals surface area contributed by atoms with Gasteiger partial charge in [0, 0.05) is 52.4 Å². The van der Waals surface area contributed by atoms with Crippen molar-refractivity contribution in [2.75, 3.05) is 63.9 Å². The van der Waals surface area contributed by atoms with Crippen molar-refractivity contribution in [3.8, 4) is 0 Å². The van der Waals surface area contributed by atoms with Gasteiger partial charge in [-0.3, -0.25) is 9.59 Å². The van der Waals surface area contributed by atoms with E-state index in [1.807, 2.05) is 4.90 Å². The average molecular weight is 376 g/mol. The van der Waals surface area contributed by atoms with Crippen LogP contribution in [-0.2, 0) is 9.53 Å². The molecule has 2 aliphatic rings. The number of amides is 3. The lowest BCUT2D eigenvalue weighted by Crippen LogP contribution is -2.50. The summed E-state index contributed by atoms with van der Waals surface area (Å²) in [6.07, 6.45) is 3.59. The maximum absolute atomic E-state index is 12.6. The fourth-order valence-electron chi connectivity index (χ4n) is 3.12. The maximum atomic E-state index is 12.6. The molecule has 146 valence electrons. The molecule has 2 aliphatic heterocycles. The van der Waals surface area contributed by atoms with Gasteiger partial charge in [0.05, 0.1) is 19.0 Å². The number of carbonyl (C=O) groups excluding carboxylic acids is 3. The van der Waals surface area contributed by atoms with Crippen molar-refractivity contribution in [1.29, 1.82) is 0 Å². The van der Waals surface area contributed by atoms with Crippen molar-refractivity contribution in [3.05, 3.63) is 18.1 Å². The lowest BCUT2D eigenvalue weighted by atomic mass is 10.3. The van der Waals surface area contributed by atoms with Crippen molar-refractivity contribution in [2.24, 2.45) is 0 Å². The Kier molecular flexibility index (Phi) is 6.05. The molecule has 3 amide bonds. The fraction of sp³-hybridized carbons (Fsp3) is 0.588. The van der Waals surface area contributed by atoms with Gasteiger partial charge in [-0.25, -0.2) is 14.8 Å². The minimum absolute atomic E-state index is 0.191. The third-order valence-electron chi connectivity index (χ3n) is 4.74. The number of hydrogen-bond acceptors (Lipinski definition) is 7. The zero-order chi connectivity index (χ0) is 19.2. The largest absolute Gasteiger partial charge is 0.450 e. The van der Waals surface area contributed by atoms with Crippen LogP contribution in [0.3, 0.4) is 0 Å². The first-order valence-corrected chi connectivity index (χ1v) is 9.09. The number of hydrogen-bond donors (Lipinski definition) is 0. The molecule has 1 aromatic heterocycles. The van der Waals surface area contributed by atoms with Gasteiger partial charge in [-0.2, -0.15) is 0 Å². The highest BCUT2D eigenvalue weighted by molar-refractivity contribution is 5.92. The van der Waals surface area contributed by atoms with Gasteiger partial charge in [0.2, 0.25) is 6.41 Å². The highest BCUT2D eigenvalue weighted by Gasteiger charge is 2.26. The fourth-order valence-corrected chi connectivity index (χ4v) is 3.12. The molecule has 0 bridgehead atoms. The van der Waals surface area contributed by atoms with Crippen molar-refractivity contribution in [1.82, 2.24) is 24.7 Å². The number of anilines is 1. The first-order chi connectivity index (χ1) is 13.1. The van der Waals surface area contributed by atoms with Crippen LogP contribution in [-0.4, -0.2) is 102 Å². The van der Waals surface area contributed by atoms with E-state index in [0.29, 0.717) is 64.8 Å². The molecule has 0 aliphatic carbocycles. The second-order valence-corrected chi connectivity index (χ2v) is 6.37. The normalized spacial score (nSPS) is 17.7. The zero-order valence-corrected chi connectivity index (χ0v) is 15.4. The van der Waals surface area contributed by atoms with Crippen LogP contribution in [0, 0.1) is 0 Å². The van der Waals surface area contributed by atoms with E-state index in [1.165, 1.54) is 6.20 Å². The van der Waals surface area contributed by atoms with Gasteiger partial charge in [-0.05, 0) is 6.92 Å². The topological polar surface area (TPSA) is 99.2 Å². The van der Waals surface area contributed by atoms with Crippen LogP contribution in [0.4, 0.5) is 10.6 Å². The number of aromatic nitrogens is 2. The summed E-state index contributed by atoms with van der Waals surface area (Å²) in [5.41, 5.74) is 0.287. The quantitative estimate of drug-likeness (QED) is 0.664. The van der Waals surface area contributed by atoms with Gasteiger partial charge < -0.3 is 24.3 Å². The molecule has 0 N–H and O–H groups in total. The third kappa shape index (κ3) is 4.44. The SMILES string of the molecule is CCOC(=O)N1CCN(C(=O)c2cnc(N3CCN(C=O)CC3)cn2)CC1. The molecule has 10 nitrogen and oxygen atoms in total. The highest BCUT2D eigenvalue weighted by Crippen LogP contribution is 2.13. The van der Waals surface area contributed by atoms with Crippen molar-refractivity contribution >= 4 is 24.2 Å². The molecule has 2 saturated heterocycles. The van der Waals surface area contributed by atoms with E-state index < -0.39 is 0 Å². The summed E-state index contributed by atoms with van der Waals surface area (Å²) in [5.74, 6) is 0.507. The number of nitrogens with zero attached hydrogens (tertiary/aromatic N) is 6. The van der Waals surface area contributed by atoms with Gasteiger partial charge in [-0.1, -0.05) is 0 Å². The Bertz CT molecular complexity index is 667. The number of piperazine rings is 2. The van der Waals surface area contributed by atoms with Gasteiger partial charge in [0.1, 0.15) is 11.5 Å². The first-order valence-electron chi connectivity index (χ1n) is 9.09. The lowest BCUT2D eigenvalue weighted by molar-refractivity contribution is -0.118. The third-order valence-corrected chi connectivity index (χ3v) is 4.74. The molecule has 0 unspecified atom stereocenters. The van der Waals surface area contributed by atoms with Crippen molar-refractivity contribution in [2.45, 2.75) is 6.92 Å². The van der Waals surface area contributed by atoms with Gasteiger partial charge in [0.15, 0.2) is 0 Å². The Morgan fingerprint density at radius 2 is 1.67 bits per heavy atom. The first kappa shape index (κ1) is 18.9. The molecule has 27 heavy (non-hydrogen) atoms. The maximum Gasteiger partial charge on any atom is 0.409 e. The Hall–Kier alpha value is -2.91. The van der Waals surface area contributed by atoms with E-state index in [4.69, 9.17) is 4.74 Å². The molecule has 0 radical (unpaired) electrons. The van der Waals surface area contributed by atoms with Crippen LogP contribution in [0.1, 0.15) is 17.4 Å². The molecule has 0 atom stereocenters. The molecule has 3 heterocycles. The van der Waals surface area contributed by atoms with Crippen LogP contribution in [0.25, 0.3) is 0 Å². The lowest BCUT2D eigenvalue weighted by Gasteiger charge is -2.34. The van der Waals surface area contributed by atoms with E-state index in [2.05, 4.69) is 9.97 Å². The number of carbonyl (C=O) groups is 3. The highest BCUT2D eigenvalue weighted by atomic mass is 16.6.